The van der Waals surface area contributed by atoms with Crippen molar-refractivity contribution in [1.82, 2.24) is 9.55 Å². The van der Waals surface area contributed by atoms with Crippen molar-refractivity contribution in [3.63, 3.8) is 0 Å². The van der Waals surface area contributed by atoms with Crippen molar-refractivity contribution in [2.45, 2.75) is 38.5 Å². The Bertz CT molecular complexity index is 1400. The van der Waals surface area contributed by atoms with Gasteiger partial charge < -0.3 is 29.6 Å². The lowest BCUT2D eigenvalue weighted by Gasteiger charge is -2.31. The number of carbonyl (C=O) groups excluding carboxylic acids is 1. The number of hydrogen-bond acceptors (Lipinski definition) is 8. The maximum Gasteiger partial charge on any atom is 0.343 e. The molecule has 0 saturated carbocycles. The number of rotatable bonds is 3. The van der Waals surface area contributed by atoms with Crippen LogP contribution in [0, 0.1) is 0 Å². The fraction of sp³-hybridized carbons (Fsp3) is 0.348. The van der Waals surface area contributed by atoms with E-state index in [-0.39, 0.29) is 25.4 Å². The standard InChI is InChI=1S/C23H21N3O6/c1-2-23(29)15-6-17-20-13(8-26(17)21(27)14(15)9-30-22(23)28)11(3-4-24)12-5-18-19(32-10-31-18)7-16(12)25-20/h5-7,29H,2-4,8-10,24H2,1H3. The number of nitrogens with two attached hydrogens (primary N) is 1. The number of aliphatic hydroxyl groups is 1. The molecule has 0 bridgehead atoms. The van der Waals surface area contributed by atoms with Gasteiger partial charge in [-0.2, -0.15) is 0 Å². The van der Waals surface area contributed by atoms with E-state index in [9.17, 15) is 14.7 Å². The molecule has 0 radical (unpaired) electrons. The third-order valence-electron chi connectivity index (χ3n) is 6.69. The number of benzene rings is 1. The zero-order chi connectivity index (χ0) is 22.2. The third kappa shape index (κ3) is 2.37. The summed E-state index contributed by atoms with van der Waals surface area (Å²) in [6.45, 7) is 2.45. The van der Waals surface area contributed by atoms with Crippen LogP contribution in [0.3, 0.4) is 0 Å². The van der Waals surface area contributed by atoms with Gasteiger partial charge in [0.25, 0.3) is 5.56 Å². The summed E-state index contributed by atoms with van der Waals surface area (Å²) >= 11 is 0. The highest BCUT2D eigenvalue weighted by Crippen LogP contribution is 2.43. The molecule has 1 atom stereocenters. The molecule has 0 spiro atoms. The summed E-state index contributed by atoms with van der Waals surface area (Å²) in [7, 11) is 0. The zero-order valence-corrected chi connectivity index (χ0v) is 17.4. The summed E-state index contributed by atoms with van der Waals surface area (Å²) in [5.74, 6) is 0.537. The van der Waals surface area contributed by atoms with Crippen LogP contribution in [-0.2, 0) is 34.7 Å². The van der Waals surface area contributed by atoms with E-state index in [0.29, 0.717) is 59.0 Å². The first-order valence-corrected chi connectivity index (χ1v) is 10.6. The van der Waals surface area contributed by atoms with E-state index in [1.165, 1.54) is 0 Å². The number of hydrogen-bond donors (Lipinski definition) is 2. The average Bonchev–Trinajstić information content (AvgIpc) is 3.40. The van der Waals surface area contributed by atoms with Crippen LogP contribution in [0.15, 0.2) is 23.0 Å². The highest BCUT2D eigenvalue weighted by atomic mass is 16.7. The van der Waals surface area contributed by atoms with E-state index in [4.69, 9.17) is 24.9 Å². The fourth-order valence-electron chi connectivity index (χ4n) is 4.98. The Morgan fingerprint density at radius 2 is 1.94 bits per heavy atom. The molecule has 6 rings (SSSR count). The highest BCUT2D eigenvalue weighted by molar-refractivity contribution is 5.91. The van der Waals surface area contributed by atoms with E-state index in [2.05, 4.69) is 0 Å². The molecule has 9 heteroatoms. The number of ether oxygens (including phenoxy) is 3. The van der Waals surface area contributed by atoms with Gasteiger partial charge in [0.2, 0.25) is 6.79 Å². The largest absolute Gasteiger partial charge is 0.458 e. The quantitative estimate of drug-likeness (QED) is 0.462. The van der Waals surface area contributed by atoms with Gasteiger partial charge in [-0.3, -0.25) is 4.79 Å². The Labute approximate surface area is 182 Å². The van der Waals surface area contributed by atoms with Crippen LogP contribution in [0.5, 0.6) is 11.5 Å². The third-order valence-corrected chi connectivity index (χ3v) is 6.69. The lowest BCUT2D eigenvalue weighted by atomic mass is 9.86. The van der Waals surface area contributed by atoms with Crippen LogP contribution in [-0.4, -0.2) is 34.0 Å². The van der Waals surface area contributed by atoms with Gasteiger partial charge in [-0.25, -0.2) is 9.78 Å². The molecule has 3 aromatic rings. The van der Waals surface area contributed by atoms with Crippen LogP contribution < -0.4 is 20.8 Å². The molecule has 0 amide bonds. The number of nitrogens with zero attached hydrogens (tertiary/aromatic N) is 2. The molecule has 9 nitrogen and oxygen atoms in total. The second-order valence-corrected chi connectivity index (χ2v) is 8.28. The maximum atomic E-state index is 13.4. The molecular formula is C23H21N3O6. The maximum absolute atomic E-state index is 13.4. The van der Waals surface area contributed by atoms with Crippen molar-refractivity contribution in [2.75, 3.05) is 13.3 Å². The van der Waals surface area contributed by atoms with Crippen LogP contribution >= 0.6 is 0 Å². The van der Waals surface area contributed by atoms with E-state index in [1.807, 2.05) is 12.1 Å². The van der Waals surface area contributed by atoms with Crippen molar-refractivity contribution >= 4 is 16.9 Å². The minimum Gasteiger partial charge on any atom is -0.458 e. The molecule has 3 N–H and O–H groups in total. The Balaban J connectivity index is 1.65. The summed E-state index contributed by atoms with van der Waals surface area (Å²) < 4.78 is 17.8. The highest BCUT2D eigenvalue weighted by Gasteiger charge is 2.45. The summed E-state index contributed by atoms with van der Waals surface area (Å²) in [5, 5.41) is 11.9. The minimum atomic E-state index is -1.85. The normalized spacial score (nSPS) is 20.2. The Morgan fingerprint density at radius 1 is 1.16 bits per heavy atom. The fourth-order valence-corrected chi connectivity index (χ4v) is 4.98. The van der Waals surface area contributed by atoms with Crippen molar-refractivity contribution in [1.29, 1.82) is 0 Å². The molecule has 3 aliphatic rings. The van der Waals surface area contributed by atoms with Gasteiger partial charge in [-0.15, -0.1) is 0 Å². The smallest absolute Gasteiger partial charge is 0.343 e. The van der Waals surface area contributed by atoms with Gasteiger partial charge in [0.1, 0.15) is 6.61 Å². The van der Waals surface area contributed by atoms with Crippen LogP contribution in [0.1, 0.15) is 35.6 Å². The Hall–Kier alpha value is -3.43. The number of cyclic esters (lactones) is 1. The summed E-state index contributed by atoms with van der Waals surface area (Å²) in [6.07, 6.45) is 0.700. The lowest BCUT2D eigenvalue weighted by molar-refractivity contribution is -0.172. The van der Waals surface area contributed by atoms with Crippen molar-refractivity contribution in [3.8, 4) is 22.9 Å². The second-order valence-electron chi connectivity index (χ2n) is 8.28. The first-order chi connectivity index (χ1) is 15.5. The predicted octanol–water partition coefficient (Wildman–Crippen LogP) is 1.31. The Kier molecular flexibility index (Phi) is 3.94. The summed E-state index contributed by atoms with van der Waals surface area (Å²) in [4.78, 5) is 30.6. The lowest BCUT2D eigenvalue weighted by Crippen LogP contribution is -2.44. The van der Waals surface area contributed by atoms with Crippen LogP contribution in [0.2, 0.25) is 0 Å². The van der Waals surface area contributed by atoms with E-state index < -0.39 is 11.6 Å². The first-order valence-electron chi connectivity index (χ1n) is 10.6. The number of carbonyl (C=O) groups is 1. The van der Waals surface area contributed by atoms with Crippen molar-refractivity contribution in [3.05, 3.63) is 50.8 Å². The van der Waals surface area contributed by atoms with Gasteiger partial charge in [0.15, 0.2) is 17.1 Å². The molecule has 0 aliphatic carbocycles. The van der Waals surface area contributed by atoms with Gasteiger partial charge in [-0.1, -0.05) is 6.92 Å². The number of aromatic nitrogens is 2. The molecular weight excluding hydrogens is 414 g/mol. The summed E-state index contributed by atoms with van der Waals surface area (Å²) in [6, 6.07) is 5.45. The Morgan fingerprint density at radius 3 is 2.69 bits per heavy atom. The number of fused-ring (bicyclic) bond motifs is 6. The number of esters is 1. The topological polar surface area (TPSA) is 126 Å². The van der Waals surface area contributed by atoms with E-state index in [0.717, 1.165) is 16.5 Å². The van der Waals surface area contributed by atoms with Crippen molar-refractivity contribution in [2.24, 2.45) is 5.73 Å². The first kappa shape index (κ1) is 19.3. The monoisotopic (exact) mass is 435 g/mol. The molecule has 2 aromatic heterocycles. The van der Waals surface area contributed by atoms with E-state index >= 15 is 0 Å². The average molecular weight is 435 g/mol. The molecule has 3 aliphatic heterocycles. The SMILES string of the molecule is CCC1(O)C(=O)OCc2c1cc1n(c2=O)Cc2c-1nc1cc3c(cc1c2CCN)OCO3. The molecule has 164 valence electrons. The molecule has 5 heterocycles. The number of pyridine rings is 2. The molecule has 0 fully saturated rings. The van der Waals surface area contributed by atoms with Crippen LogP contribution in [0.25, 0.3) is 22.3 Å². The molecule has 1 unspecified atom stereocenters. The van der Waals surface area contributed by atoms with Crippen LogP contribution in [0.4, 0.5) is 0 Å². The summed E-state index contributed by atoms with van der Waals surface area (Å²) in [5.41, 5.74) is 8.24. The van der Waals surface area contributed by atoms with E-state index in [1.54, 1.807) is 17.6 Å². The molecule has 0 saturated heterocycles. The van der Waals surface area contributed by atoms with Crippen molar-refractivity contribution < 1.29 is 24.1 Å². The van der Waals surface area contributed by atoms with Gasteiger partial charge in [-0.05, 0) is 37.1 Å². The molecule has 32 heavy (non-hydrogen) atoms. The minimum absolute atomic E-state index is 0.0988. The zero-order valence-electron chi connectivity index (χ0n) is 17.4. The predicted molar refractivity (Wildman–Crippen MR) is 113 cm³/mol. The van der Waals surface area contributed by atoms with Gasteiger partial charge in [0, 0.05) is 22.6 Å². The molecule has 1 aromatic carbocycles. The second kappa shape index (κ2) is 6.54. The van der Waals surface area contributed by atoms with Gasteiger partial charge in [0.05, 0.1) is 29.0 Å². The van der Waals surface area contributed by atoms with Gasteiger partial charge >= 0.3 is 5.97 Å².